The number of aryl methyl sites for hydroxylation is 1. The van der Waals surface area contributed by atoms with E-state index in [1.165, 1.54) is 53.1 Å². The minimum Gasteiger partial charge on any atom is -0.502 e. The zero-order chi connectivity index (χ0) is 23.8. The predicted molar refractivity (Wildman–Crippen MR) is 126 cm³/mol. The topological polar surface area (TPSA) is 74.7 Å². The van der Waals surface area contributed by atoms with Gasteiger partial charge in [-0.15, -0.1) is 11.8 Å². The molecule has 0 saturated carbocycles. The molecule has 1 atom stereocenters. The number of carbonyl (C=O) groups excluding carboxylic acids is 1. The van der Waals surface area contributed by atoms with Crippen LogP contribution in [0.1, 0.15) is 22.7 Å². The predicted octanol–water partition coefficient (Wildman–Crippen LogP) is 5.18. The number of rotatable bonds is 6. The van der Waals surface area contributed by atoms with Crippen molar-refractivity contribution in [2.75, 3.05) is 6.26 Å². The Hall–Kier alpha value is -3.10. The summed E-state index contributed by atoms with van der Waals surface area (Å²) in [5, 5.41) is 10.8. The lowest BCUT2D eigenvalue weighted by Crippen LogP contribution is -2.30. The SMILES string of the molecule is CSc1ccc([C@@H]2C(S(=O)(=O)c3ccc(C)cc3)=C(O)C(=O)N2Cc2ccc(F)cc2)cc1. The largest absolute Gasteiger partial charge is 0.502 e. The molecule has 5 nitrogen and oxygen atoms in total. The van der Waals surface area contributed by atoms with Crippen molar-refractivity contribution in [2.45, 2.75) is 29.3 Å². The van der Waals surface area contributed by atoms with Gasteiger partial charge in [-0.1, -0.05) is 42.0 Å². The summed E-state index contributed by atoms with van der Waals surface area (Å²) in [6.45, 7) is 1.85. The van der Waals surface area contributed by atoms with Gasteiger partial charge >= 0.3 is 0 Å². The maximum Gasteiger partial charge on any atom is 0.290 e. The summed E-state index contributed by atoms with van der Waals surface area (Å²) < 4.78 is 40.6. The van der Waals surface area contributed by atoms with Crippen molar-refractivity contribution >= 4 is 27.5 Å². The molecule has 1 aliphatic rings. The quantitative estimate of drug-likeness (QED) is 0.489. The fourth-order valence-corrected chi connectivity index (χ4v) is 5.87. The number of hydrogen-bond donors (Lipinski definition) is 1. The van der Waals surface area contributed by atoms with Gasteiger partial charge in [0.15, 0.2) is 5.76 Å². The van der Waals surface area contributed by atoms with Gasteiger partial charge in [-0.3, -0.25) is 4.79 Å². The number of benzene rings is 3. The molecule has 0 bridgehead atoms. The summed E-state index contributed by atoms with van der Waals surface area (Å²) in [6, 6.07) is 18.0. The molecular weight excluding hydrogens is 461 g/mol. The van der Waals surface area contributed by atoms with Crippen LogP contribution in [0, 0.1) is 12.7 Å². The van der Waals surface area contributed by atoms with E-state index < -0.39 is 33.4 Å². The molecule has 170 valence electrons. The van der Waals surface area contributed by atoms with Gasteiger partial charge in [0.2, 0.25) is 9.84 Å². The third kappa shape index (κ3) is 4.41. The first-order valence-corrected chi connectivity index (χ1v) is 12.9. The molecular formula is C25H22FNO4S2. The first-order chi connectivity index (χ1) is 15.7. The van der Waals surface area contributed by atoms with E-state index in [0.29, 0.717) is 11.1 Å². The van der Waals surface area contributed by atoms with Crippen LogP contribution in [0.15, 0.2) is 93.3 Å². The highest BCUT2D eigenvalue weighted by atomic mass is 32.2. The molecule has 0 spiro atoms. The van der Waals surface area contributed by atoms with Crippen molar-refractivity contribution in [1.29, 1.82) is 0 Å². The van der Waals surface area contributed by atoms with Crippen molar-refractivity contribution in [1.82, 2.24) is 4.90 Å². The third-order valence-electron chi connectivity index (χ3n) is 5.58. The van der Waals surface area contributed by atoms with E-state index in [0.717, 1.165) is 10.5 Å². The lowest BCUT2D eigenvalue weighted by Gasteiger charge is -2.27. The summed E-state index contributed by atoms with van der Waals surface area (Å²) in [5.41, 5.74) is 2.05. The van der Waals surface area contributed by atoms with Crippen molar-refractivity contribution < 1.29 is 22.7 Å². The summed E-state index contributed by atoms with van der Waals surface area (Å²) in [7, 11) is -4.18. The molecule has 33 heavy (non-hydrogen) atoms. The third-order valence-corrected chi connectivity index (χ3v) is 8.21. The van der Waals surface area contributed by atoms with Crippen LogP contribution in [0.2, 0.25) is 0 Å². The van der Waals surface area contributed by atoms with Gasteiger partial charge in [0.1, 0.15) is 10.7 Å². The average molecular weight is 484 g/mol. The van der Waals surface area contributed by atoms with E-state index >= 15 is 0 Å². The zero-order valence-corrected chi connectivity index (χ0v) is 19.7. The fraction of sp³-hybridized carbons (Fsp3) is 0.160. The van der Waals surface area contributed by atoms with E-state index in [-0.39, 0.29) is 16.3 Å². The van der Waals surface area contributed by atoms with E-state index in [4.69, 9.17) is 0 Å². The number of halogens is 1. The average Bonchev–Trinajstić information content (AvgIpc) is 3.06. The van der Waals surface area contributed by atoms with Gasteiger partial charge in [0.25, 0.3) is 5.91 Å². The van der Waals surface area contributed by atoms with E-state index in [1.807, 2.05) is 25.3 Å². The van der Waals surface area contributed by atoms with Crippen LogP contribution in [0.5, 0.6) is 0 Å². The van der Waals surface area contributed by atoms with Gasteiger partial charge in [-0.05, 0) is 60.7 Å². The number of sulfone groups is 1. The van der Waals surface area contributed by atoms with Crippen LogP contribution in [0.25, 0.3) is 0 Å². The number of nitrogens with zero attached hydrogens (tertiary/aromatic N) is 1. The molecule has 0 saturated heterocycles. The molecule has 1 aliphatic heterocycles. The molecule has 1 amide bonds. The molecule has 1 N–H and O–H groups in total. The molecule has 4 rings (SSSR count). The lowest BCUT2D eigenvalue weighted by molar-refractivity contribution is -0.130. The standard InChI is InChI=1S/C25H22FNO4S2/c1-16-3-13-21(14-4-16)33(30,31)24-22(18-7-11-20(32-2)12-8-18)27(25(29)23(24)28)15-17-5-9-19(26)10-6-17/h3-14,22,28H,15H2,1-2H3/t22-/m1/s1. The van der Waals surface area contributed by atoms with Gasteiger partial charge in [0, 0.05) is 11.4 Å². The monoisotopic (exact) mass is 483 g/mol. The highest BCUT2D eigenvalue weighted by molar-refractivity contribution is 7.98. The second kappa shape index (κ2) is 9.03. The maximum absolute atomic E-state index is 13.6. The Morgan fingerprint density at radius 3 is 2.15 bits per heavy atom. The van der Waals surface area contributed by atoms with Crippen molar-refractivity contribution in [2.24, 2.45) is 0 Å². The van der Waals surface area contributed by atoms with Crippen LogP contribution < -0.4 is 0 Å². The first-order valence-electron chi connectivity index (χ1n) is 10.2. The summed E-state index contributed by atoms with van der Waals surface area (Å²) in [4.78, 5) is 15.0. The zero-order valence-electron chi connectivity index (χ0n) is 18.0. The smallest absolute Gasteiger partial charge is 0.290 e. The molecule has 0 aliphatic carbocycles. The normalized spacial score (nSPS) is 16.5. The Bertz CT molecular complexity index is 1320. The molecule has 8 heteroatoms. The van der Waals surface area contributed by atoms with Crippen LogP contribution in [0.4, 0.5) is 4.39 Å². The Morgan fingerprint density at radius 2 is 1.58 bits per heavy atom. The van der Waals surface area contributed by atoms with Gasteiger partial charge in [0.05, 0.1) is 10.9 Å². The van der Waals surface area contributed by atoms with Crippen molar-refractivity contribution in [3.8, 4) is 0 Å². The van der Waals surface area contributed by atoms with Gasteiger partial charge in [-0.2, -0.15) is 0 Å². The second-order valence-electron chi connectivity index (χ2n) is 7.76. The van der Waals surface area contributed by atoms with E-state index in [2.05, 4.69) is 0 Å². The molecule has 3 aromatic carbocycles. The minimum atomic E-state index is -4.18. The van der Waals surface area contributed by atoms with Crippen LogP contribution >= 0.6 is 11.8 Å². The van der Waals surface area contributed by atoms with Crippen LogP contribution in [-0.2, 0) is 21.2 Å². The number of hydrogen-bond acceptors (Lipinski definition) is 5. The summed E-state index contributed by atoms with van der Waals surface area (Å²) >= 11 is 1.53. The Balaban J connectivity index is 1.84. The van der Waals surface area contributed by atoms with Gasteiger partial charge in [-0.25, -0.2) is 12.8 Å². The Kier molecular flexibility index (Phi) is 6.32. The van der Waals surface area contributed by atoms with Crippen LogP contribution in [-0.4, -0.2) is 30.6 Å². The number of aliphatic hydroxyl groups excluding tert-OH is 1. The fourth-order valence-electron chi connectivity index (χ4n) is 3.82. The molecule has 0 radical (unpaired) electrons. The molecule has 1 heterocycles. The van der Waals surface area contributed by atoms with E-state index in [1.54, 1.807) is 24.3 Å². The Morgan fingerprint density at radius 1 is 0.970 bits per heavy atom. The molecule has 0 aromatic heterocycles. The summed E-state index contributed by atoms with van der Waals surface area (Å²) in [5.74, 6) is -2.00. The van der Waals surface area contributed by atoms with E-state index in [9.17, 15) is 22.7 Å². The minimum absolute atomic E-state index is 0.00295. The number of aliphatic hydroxyl groups is 1. The molecule has 3 aromatic rings. The highest BCUT2D eigenvalue weighted by Gasteiger charge is 2.46. The number of carbonyl (C=O) groups is 1. The first kappa shape index (κ1) is 23.1. The number of thioether (sulfide) groups is 1. The van der Waals surface area contributed by atoms with Crippen LogP contribution in [0.3, 0.4) is 0 Å². The Labute approximate surface area is 196 Å². The lowest BCUT2D eigenvalue weighted by atomic mass is 10.1. The highest BCUT2D eigenvalue weighted by Crippen LogP contribution is 2.43. The van der Waals surface area contributed by atoms with Crippen molar-refractivity contribution in [3.05, 3.63) is 106 Å². The molecule has 0 fully saturated rings. The number of amides is 1. The van der Waals surface area contributed by atoms with Crippen molar-refractivity contribution in [3.63, 3.8) is 0 Å². The van der Waals surface area contributed by atoms with Gasteiger partial charge < -0.3 is 10.0 Å². The maximum atomic E-state index is 13.6. The summed E-state index contributed by atoms with van der Waals surface area (Å²) in [6.07, 6.45) is 1.92. The second-order valence-corrected chi connectivity index (χ2v) is 10.6. The molecule has 0 unspecified atom stereocenters.